The van der Waals surface area contributed by atoms with Gasteiger partial charge in [0.05, 0.1) is 11.1 Å². The largest absolute Gasteiger partial charge is 0.348 e. The summed E-state index contributed by atoms with van der Waals surface area (Å²) >= 11 is 11.9. The minimum absolute atomic E-state index is 0.178. The Morgan fingerprint density at radius 3 is 2.41 bits per heavy atom. The summed E-state index contributed by atoms with van der Waals surface area (Å²) in [6.45, 7) is 1.58. The SMILES string of the molecule is CC(NC(=O)C1(S(C)(=O)=O)CCC1)c1c(Cl)ccc(F)c1Cl. The lowest BCUT2D eigenvalue weighted by Gasteiger charge is -2.39. The molecule has 1 N–H and O–H groups in total. The molecule has 1 aliphatic carbocycles. The van der Waals surface area contributed by atoms with Crippen LogP contribution in [0.4, 0.5) is 4.39 Å². The number of hydrogen-bond donors (Lipinski definition) is 1. The maximum atomic E-state index is 13.6. The minimum Gasteiger partial charge on any atom is -0.348 e. The van der Waals surface area contributed by atoms with E-state index >= 15 is 0 Å². The van der Waals surface area contributed by atoms with Crippen molar-refractivity contribution in [2.45, 2.75) is 37.0 Å². The van der Waals surface area contributed by atoms with Gasteiger partial charge in [0.1, 0.15) is 10.6 Å². The monoisotopic (exact) mass is 367 g/mol. The first-order valence-corrected chi connectivity index (χ1v) is 9.39. The highest BCUT2D eigenvalue weighted by atomic mass is 35.5. The van der Waals surface area contributed by atoms with Gasteiger partial charge in [0.2, 0.25) is 5.91 Å². The van der Waals surface area contributed by atoms with E-state index < -0.39 is 32.4 Å². The first-order chi connectivity index (χ1) is 10.1. The number of halogens is 3. The molecule has 0 bridgehead atoms. The summed E-state index contributed by atoms with van der Waals surface area (Å²) < 4.78 is 36.0. The summed E-state index contributed by atoms with van der Waals surface area (Å²) in [6, 6.07) is 1.77. The van der Waals surface area contributed by atoms with Crippen molar-refractivity contribution in [3.63, 3.8) is 0 Å². The molecule has 1 saturated carbocycles. The van der Waals surface area contributed by atoms with E-state index in [1.54, 1.807) is 6.92 Å². The molecule has 0 radical (unpaired) electrons. The van der Waals surface area contributed by atoms with Crippen molar-refractivity contribution in [3.8, 4) is 0 Å². The highest BCUT2D eigenvalue weighted by molar-refractivity contribution is 7.93. The van der Waals surface area contributed by atoms with Crippen molar-refractivity contribution in [1.82, 2.24) is 5.32 Å². The molecule has 1 amide bonds. The Balaban J connectivity index is 2.28. The van der Waals surface area contributed by atoms with Crippen LogP contribution in [0.15, 0.2) is 12.1 Å². The highest BCUT2D eigenvalue weighted by Crippen LogP contribution is 2.40. The first-order valence-electron chi connectivity index (χ1n) is 6.74. The van der Waals surface area contributed by atoms with Gasteiger partial charge in [-0.15, -0.1) is 0 Å². The third-order valence-electron chi connectivity index (χ3n) is 4.14. The smallest absolute Gasteiger partial charge is 0.241 e. The zero-order chi connectivity index (χ0) is 16.7. The summed E-state index contributed by atoms with van der Waals surface area (Å²) in [4.78, 5) is 12.4. The van der Waals surface area contributed by atoms with Gasteiger partial charge in [-0.05, 0) is 38.3 Å². The number of benzene rings is 1. The van der Waals surface area contributed by atoms with E-state index in [-0.39, 0.29) is 28.5 Å². The molecule has 0 aliphatic heterocycles. The molecule has 1 aromatic carbocycles. The van der Waals surface area contributed by atoms with Crippen LogP contribution in [0.25, 0.3) is 0 Å². The van der Waals surface area contributed by atoms with Crippen molar-refractivity contribution in [2.75, 3.05) is 6.26 Å². The third kappa shape index (κ3) is 2.84. The number of rotatable bonds is 4. The Morgan fingerprint density at radius 1 is 1.36 bits per heavy atom. The van der Waals surface area contributed by atoms with Crippen LogP contribution < -0.4 is 5.32 Å². The minimum atomic E-state index is -3.54. The van der Waals surface area contributed by atoms with Gasteiger partial charge >= 0.3 is 0 Å². The number of amides is 1. The summed E-state index contributed by atoms with van der Waals surface area (Å²) in [5.74, 6) is -1.24. The first kappa shape index (κ1) is 17.5. The van der Waals surface area contributed by atoms with Gasteiger partial charge in [-0.25, -0.2) is 12.8 Å². The molecule has 2 rings (SSSR count). The molecule has 4 nitrogen and oxygen atoms in total. The average molecular weight is 368 g/mol. The van der Waals surface area contributed by atoms with Gasteiger partial charge in [-0.2, -0.15) is 0 Å². The molecule has 0 saturated heterocycles. The normalized spacial score (nSPS) is 18.4. The molecular formula is C14H16Cl2FNO3S. The van der Waals surface area contributed by atoms with Gasteiger partial charge in [0, 0.05) is 16.8 Å². The zero-order valence-corrected chi connectivity index (χ0v) is 14.4. The van der Waals surface area contributed by atoms with Gasteiger partial charge in [0.25, 0.3) is 0 Å². The van der Waals surface area contributed by atoms with Crippen LogP contribution in [0, 0.1) is 5.82 Å². The summed E-state index contributed by atoms with van der Waals surface area (Å²) in [5, 5.41) is 2.63. The van der Waals surface area contributed by atoms with Crippen LogP contribution in [-0.4, -0.2) is 25.3 Å². The van der Waals surface area contributed by atoms with E-state index in [1.807, 2.05) is 0 Å². The quantitative estimate of drug-likeness (QED) is 0.830. The fourth-order valence-corrected chi connectivity index (χ4v) is 4.73. The molecule has 1 aromatic rings. The second kappa shape index (κ2) is 5.98. The fourth-order valence-electron chi connectivity index (χ4n) is 2.60. The number of carbonyl (C=O) groups excluding carboxylic acids is 1. The van der Waals surface area contributed by atoms with Gasteiger partial charge in [-0.3, -0.25) is 4.79 Å². The van der Waals surface area contributed by atoms with Crippen LogP contribution in [0.1, 0.15) is 37.8 Å². The standard InChI is InChI=1S/C14H16Cl2FNO3S/c1-8(11-9(15)4-5-10(17)12(11)16)18-13(19)14(6-3-7-14)22(2,20)21/h4-5,8H,3,6-7H2,1-2H3,(H,18,19). The summed E-state index contributed by atoms with van der Waals surface area (Å²) in [6.07, 6.45) is 2.30. The van der Waals surface area contributed by atoms with Crippen molar-refractivity contribution in [1.29, 1.82) is 0 Å². The second-order valence-electron chi connectivity index (χ2n) is 5.57. The Morgan fingerprint density at radius 2 is 1.95 bits per heavy atom. The second-order valence-corrected chi connectivity index (χ2v) is 8.68. The van der Waals surface area contributed by atoms with Crippen molar-refractivity contribution in [2.24, 2.45) is 0 Å². The van der Waals surface area contributed by atoms with E-state index in [0.717, 1.165) is 12.3 Å². The van der Waals surface area contributed by atoms with Crippen LogP contribution in [0.2, 0.25) is 10.0 Å². The van der Waals surface area contributed by atoms with Crippen LogP contribution in [-0.2, 0) is 14.6 Å². The Bertz CT molecular complexity index is 717. The molecule has 1 aliphatic rings. The molecule has 0 spiro atoms. The molecule has 22 heavy (non-hydrogen) atoms. The lowest BCUT2D eigenvalue weighted by molar-refractivity contribution is -0.126. The van der Waals surface area contributed by atoms with Crippen LogP contribution >= 0.6 is 23.2 Å². The molecule has 1 unspecified atom stereocenters. The molecule has 1 atom stereocenters. The molecule has 122 valence electrons. The average Bonchev–Trinajstić information content (AvgIpc) is 2.30. The maximum Gasteiger partial charge on any atom is 0.241 e. The number of sulfone groups is 1. The zero-order valence-electron chi connectivity index (χ0n) is 12.1. The number of hydrogen-bond acceptors (Lipinski definition) is 3. The van der Waals surface area contributed by atoms with Gasteiger partial charge in [0.15, 0.2) is 9.84 Å². The molecule has 0 heterocycles. The molecule has 1 fully saturated rings. The lowest BCUT2D eigenvalue weighted by atomic mass is 9.83. The topological polar surface area (TPSA) is 63.2 Å². The van der Waals surface area contributed by atoms with E-state index in [4.69, 9.17) is 23.2 Å². The number of carbonyl (C=O) groups is 1. The van der Waals surface area contributed by atoms with E-state index in [1.165, 1.54) is 6.07 Å². The fraction of sp³-hybridized carbons (Fsp3) is 0.500. The highest BCUT2D eigenvalue weighted by Gasteiger charge is 2.53. The molecule has 0 aromatic heterocycles. The van der Waals surface area contributed by atoms with E-state index in [0.29, 0.717) is 6.42 Å². The van der Waals surface area contributed by atoms with Crippen molar-refractivity contribution >= 4 is 38.9 Å². The number of nitrogens with one attached hydrogen (secondary N) is 1. The third-order valence-corrected chi connectivity index (χ3v) is 6.87. The predicted molar refractivity (Wildman–Crippen MR) is 84.4 cm³/mol. The molecule has 8 heteroatoms. The Labute approximate surface area is 138 Å². The van der Waals surface area contributed by atoms with Gasteiger partial charge in [-0.1, -0.05) is 23.2 Å². The summed E-state index contributed by atoms with van der Waals surface area (Å²) in [5.41, 5.74) is 0.236. The van der Waals surface area contributed by atoms with Crippen molar-refractivity contribution in [3.05, 3.63) is 33.6 Å². The van der Waals surface area contributed by atoms with Crippen LogP contribution in [0.3, 0.4) is 0 Å². The predicted octanol–water partition coefficient (Wildman–Crippen LogP) is 3.28. The van der Waals surface area contributed by atoms with Crippen molar-refractivity contribution < 1.29 is 17.6 Å². The van der Waals surface area contributed by atoms with Gasteiger partial charge < -0.3 is 5.32 Å². The molecular weight excluding hydrogens is 352 g/mol. The van der Waals surface area contributed by atoms with E-state index in [2.05, 4.69) is 5.32 Å². The Kier molecular flexibility index (Phi) is 4.76. The Hall–Kier alpha value is -0.850. The van der Waals surface area contributed by atoms with Crippen LogP contribution in [0.5, 0.6) is 0 Å². The lowest BCUT2D eigenvalue weighted by Crippen LogP contribution is -2.57. The van der Waals surface area contributed by atoms with E-state index in [9.17, 15) is 17.6 Å². The summed E-state index contributed by atoms with van der Waals surface area (Å²) in [7, 11) is -3.54. The maximum absolute atomic E-state index is 13.6.